The number of carbonyl (C=O) groups is 1. The number of nitrogens with one attached hydrogen (secondary N) is 1. The van der Waals surface area contributed by atoms with Crippen molar-refractivity contribution in [3.8, 4) is 5.75 Å². The van der Waals surface area contributed by atoms with Crippen molar-refractivity contribution in [3.05, 3.63) is 29.8 Å². The van der Waals surface area contributed by atoms with Crippen molar-refractivity contribution in [3.63, 3.8) is 0 Å². The lowest BCUT2D eigenvalue weighted by Crippen LogP contribution is -2.44. The Bertz CT molecular complexity index is 601. The van der Waals surface area contributed by atoms with Gasteiger partial charge < -0.3 is 14.8 Å². The predicted octanol–water partition coefficient (Wildman–Crippen LogP) is 2.65. The first-order valence-corrected chi connectivity index (χ1v) is 7.72. The molecule has 0 aliphatic carbocycles. The Labute approximate surface area is 135 Å². The molecule has 1 aromatic rings. The van der Waals surface area contributed by atoms with E-state index < -0.39 is 5.92 Å². The first-order chi connectivity index (χ1) is 10.6. The molecule has 2 unspecified atom stereocenters. The second-order valence-electron chi connectivity index (χ2n) is 4.92. The van der Waals surface area contributed by atoms with Crippen LogP contribution in [0.25, 0.3) is 0 Å². The lowest BCUT2D eigenvalue weighted by Gasteiger charge is -2.31. The van der Waals surface area contributed by atoms with Gasteiger partial charge in [-0.2, -0.15) is 0 Å². The number of rotatable bonds is 5. The Morgan fingerprint density at radius 3 is 2.82 bits per heavy atom. The van der Waals surface area contributed by atoms with Gasteiger partial charge in [-0.25, -0.2) is 4.99 Å². The minimum atomic E-state index is -0.497. The first kappa shape index (κ1) is 16.4. The first-order valence-electron chi connectivity index (χ1n) is 7.31. The summed E-state index contributed by atoms with van der Waals surface area (Å²) in [5.41, 5.74) is 1.58. The number of hydrogen-bond acceptors (Lipinski definition) is 4. The normalized spacial score (nSPS) is 20.9. The Kier molecular flexibility index (Phi) is 5.49. The summed E-state index contributed by atoms with van der Waals surface area (Å²) < 4.78 is 10.7. The summed E-state index contributed by atoms with van der Waals surface area (Å²) in [6, 6.07) is 7.33. The fourth-order valence-electron chi connectivity index (χ4n) is 2.50. The van der Waals surface area contributed by atoms with Gasteiger partial charge in [-0.15, -0.1) is 0 Å². The van der Waals surface area contributed by atoms with E-state index >= 15 is 0 Å². The van der Waals surface area contributed by atoms with Crippen LogP contribution >= 0.6 is 12.2 Å². The summed E-state index contributed by atoms with van der Waals surface area (Å²) in [6.45, 7) is 6.43. The molecule has 0 spiro atoms. The molecule has 2 atom stereocenters. The predicted molar refractivity (Wildman–Crippen MR) is 89.3 cm³/mol. The largest absolute Gasteiger partial charge is 0.494 e. The average molecular weight is 320 g/mol. The highest BCUT2D eigenvalue weighted by Gasteiger charge is 2.36. The van der Waals surface area contributed by atoms with Crippen LogP contribution in [0.5, 0.6) is 5.75 Å². The van der Waals surface area contributed by atoms with E-state index in [0.717, 1.165) is 11.3 Å². The maximum absolute atomic E-state index is 12.3. The van der Waals surface area contributed by atoms with E-state index in [4.69, 9.17) is 21.7 Å². The molecule has 0 amide bonds. The van der Waals surface area contributed by atoms with Crippen LogP contribution in [0, 0.1) is 5.92 Å². The van der Waals surface area contributed by atoms with E-state index in [-0.39, 0.29) is 12.0 Å². The van der Waals surface area contributed by atoms with Gasteiger partial charge in [0, 0.05) is 5.71 Å². The average Bonchev–Trinajstić information content (AvgIpc) is 2.47. The Morgan fingerprint density at radius 2 is 2.14 bits per heavy atom. The van der Waals surface area contributed by atoms with Gasteiger partial charge in [-0.3, -0.25) is 4.79 Å². The number of aliphatic imine (C=N–C) groups is 1. The van der Waals surface area contributed by atoms with Crippen molar-refractivity contribution in [2.45, 2.75) is 26.8 Å². The van der Waals surface area contributed by atoms with Crippen LogP contribution in [0.1, 0.15) is 32.4 Å². The molecule has 0 fully saturated rings. The fourth-order valence-corrected chi connectivity index (χ4v) is 2.77. The summed E-state index contributed by atoms with van der Waals surface area (Å²) in [7, 11) is 0. The monoisotopic (exact) mass is 320 g/mol. The number of nitrogens with zero attached hydrogens (tertiary/aromatic N) is 1. The van der Waals surface area contributed by atoms with E-state index in [9.17, 15) is 4.79 Å². The maximum Gasteiger partial charge on any atom is 0.317 e. The number of carbonyl (C=O) groups excluding carboxylic acids is 1. The number of benzene rings is 1. The van der Waals surface area contributed by atoms with Crippen LogP contribution in [0.3, 0.4) is 0 Å². The van der Waals surface area contributed by atoms with Gasteiger partial charge in [-0.1, -0.05) is 12.1 Å². The van der Waals surface area contributed by atoms with E-state index in [1.165, 1.54) is 0 Å². The molecule has 1 aliphatic heterocycles. The van der Waals surface area contributed by atoms with Crippen molar-refractivity contribution in [1.82, 2.24) is 5.32 Å². The molecule has 0 saturated heterocycles. The number of ether oxygens (including phenoxy) is 2. The minimum Gasteiger partial charge on any atom is -0.494 e. The van der Waals surface area contributed by atoms with Crippen LogP contribution in [-0.2, 0) is 9.53 Å². The number of esters is 1. The molecule has 6 heteroatoms. The molecule has 1 aliphatic rings. The SMILES string of the molecule is CCOC(=O)C1C(C)=NC(=S)NC1c1cccc(OCC)c1. The molecule has 1 N–H and O–H groups in total. The van der Waals surface area contributed by atoms with Crippen LogP contribution in [0.4, 0.5) is 0 Å². The zero-order chi connectivity index (χ0) is 16.1. The Balaban J connectivity index is 2.37. The third kappa shape index (κ3) is 3.62. The van der Waals surface area contributed by atoms with Crippen LogP contribution in [-0.4, -0.2) is 30.0 Å². The van der Waals surface area contributed by atoms with Crippen LogP contribution in [0.15, 0.2) is 29.3 Å². The summed E-state index contributed by atoms with van der Waals surface area (Å²) in [5.74, 6) is -0.0374. The summed E-state index contributed by atoms with van der Waals surface area (Å²) in [6.07, 6.45) is 0. The Hall–Kier alpha value is -1.95. The third-order valence-corrected chi connectivity index (χ3v) is 3.62. The molecule has 118 valence electrons. The van der Waals surface area contributed by atoms with Gasteiger partial charge in [0.15, 0.2) is 5.11 Å². The van der Waals surface area contributed by atoms with Gasteiger partial charge in [0.25, 0.3) is 0 Å². The molecule has 0 aromatic heterocycles. The van der Waals surface area contributed by atoms with Gasteiger partial charge in [-0.05, 0) is 50.7 Å². The zero-order valence-electron chi connectivity index (χ0n) is 13.0. The topological polar surface area (TPSA) is 59.9 Å². The van der Waals surface area contributed by atoms with Crippen molar-refractivity contribution in [1.29, 1.82) is 0 Å². The number of thiocarbonyl (C=S) groups is 1. The van der Waals surface area contributed by atoms with Gasteiger partial charge in [0.2, 0.25) is 0 Å². The van der Waals surface area contributed by atoms with E-state index in [1.807, 2.05) is 31.2 Å². The summed E-state index contributed by atoms with van der Waals surface area (Å²) >= 11 is 5.17. The molecule has 0 bridgehead atoms. The smallest absolute Gasteiger partial charge is 0.317 e. The van der Waals surface area contributed by atoms with Gasteiger partial charge in [0.1, 0.15) is 11.7 Å². The molecular formula is C16H20N2O3S. The molecule has 1 aromatic carbocycles. The zero-order valence-corrected chi connectivity index (χ0v) is 13.8. The highest BCUT2D eigenvalue weighted by Crippen LogP contribution is 2.30. The quantitative estimate of drug-likeness (QED) is 0.667. The van der Waals surface area contributed by atoms with Crippen LogP contribution < -0.4 is 10.1 Å². The molecule has 22 heavy (non-hydrogen) atoms. The molecule has 0 radical (unpaired) electrons. The fraction of sp³-hybridized carbons (Fsp3) is 0.438. The second kappa shape index (κ2) is 7.35. The highest BCUT2D eigenvalue weighted by molar-refractivity contribution is 7.80. The van der Waals surface area contributed by atoms with Crippen molar-refractivity contribution >= 4 is 29.0 Å². The molecule has 1 heterocycles. The van der Waals surface area contributed by atoms with E-state index in [1.54, 1.807) is 13.8 Å². The summed E-state index contributed by atoms with van der Waals surface area (Å²) in [4.78, 5) is 16.5. The van der Waals surface area contributed by atoms with Crippen molar-refractivity contribution in [2.24, 2.45) is 10.9 Å². The van der Waals surface area contributed by atoms with E-state index in [2.05, 4.69) is 10.3 Å². The standard InChI is InChI=1S/C16H20N2O3S/c1-4-20-12-8-6-7-11(9-12)14-13(15(19)21-5-2)10(3)17-16(22)18-14/h6-9,13-14H,4-5H2,1-3H3,(H,18,22). The molecule has 5 nitrogen and oxygen atoms in total. The van der Waals surface area contributed by atoms with Gasteiger partial charge >= 0.3 is 5.97 Å². The molecular weight excluding hydrogens is 300 g/mol. The third-order valence-electron chi connectivity index (χ3n) is 3.41. The van der Waals surface area contributed by atoms with Gasteiger partial charge in [0.05, 0.1) is 19.3 Å². The maximum atomic E-state index is 12.3. The second-order valence-corrected chi connectivity index (χ2v) is 5.30. The summed E-state index contributed by atoms with van der Waals surface area (Å²) in [5, 5.41) is 3.49. The highest BCUT2D eigenvalue weighted by atomic mass is 32.1. The molecule has 0 saturated carbocycles. The Morgan fingerprint density at radius 1 is 1.36 bits per heavy atom. The van der Waals surface area contributed by atoms with Crippen molar-refractivity contribution < 1.29 is 14.3 Å². The number of hydrogen-bond donors (Lipinski definition) is 1. The molecule has 2 rings (SSSR count). The lowest BCUT2D eigenvalue weighted by molar-refractivity contribution is -0.146. The minimum absolute atomic E-state index is 0.300. The van der Waals surface area contributed by atoms with Crippen molar-refractivity contribution in [2.75, 3.05) is 13.2 Å². The van der Waals surface area contributed by atoms with Crippen LogP contribution in [0.2, 0.25) is 0 Å². The van der Waals surface area contributed by atoms with E-state index in [0.29, 0.717) is 24.0 Å². The lowest BCUT2D eigenvalue weighted by atomic mass is 9.88.